The fourth-order valence-electron chi connectivity index (χ4n) is 10.0. The first-order valence-corrected chi connectivity index (χ1v) is 33.9. The van der Waals surface area contributed by atoms with Gasteiger partial charge in [0.2, 0.25) is 0 Å². The molecule has 0 bridgehead atoms. The van der Waals surface area contributed by atoms with E-state index in [2.05, 4.69) is 14.2 Å². The Bertz CT molecular complexity index is 4650. The van der Waals surface area contributed by atoms with Gasteiger partial charge in [-0.3, -0.25) is 14.2 Å². The summed E-state index contributed by atoms with van der Waals surface area (Å²) in [5.41, 5.74) is 8.45. The number of aryl methyl sites for hydroxylation is 7. The number of hydrogen-bond donors (Lipinski definition) is 6. The van der Waals surface area contributed by atoms with Crippen molar-refractivity contribution in [3.63, 3.8) is 0 Å². The average molecular weight is 1330 g/mol. The first kappa shape index (κ1) is 69.6. The molecule has 0 aliphatic carbocycles. The number of halogens is 3. The Morgan fingerprint density at radius 2 is 0.713 bits per heavy atom. The van der Waals surface area contributed by atoms with Gasteiger partial charge in [0.15, 0.2) is 0 Å². The van der Waals surface area contributed by atoms with Gasteiger partial charge in [-0.1, -0.05) is 134 Å². The molecule has 0 saturated carbocycles. The number of carboxylic acids is 3. The standard InChI is InChI=1S/C27H26N2O4S.C23H23NO4S.C22H18F3NO4S/c1-29(2)25-11-5-9-23-22(25)8-6-12-26(23)34(32,33)28-24-10-4-3-7-20(24)16-13-19-14-17-21(18-15-19)27(30)31;1-2-17-10-15-21(16-11-17)29(27,28)24-22-6-4-3-5-19(22)12-7-18-8-13-20(14-9-18)23(25)26;23-22(24,25)18-11-13-19(14-12-18)31(29,30)26-20-4-2-1-3-16(20)8-5-15-6-9-17(10-7-15)21(27)28/h3-12,14-15,17-18,28H,13,16H2,1-2H3,(H,30,31);3-6,8-11,13-16,24H,2,7,12H2,1H3,(H,25,26);1-4,6-7,9-14,26H,5,8H2,(H,27,28). The first-order valence-electron chi connectivity index (χ1n) is 29.5. The zero-order valence-corrected chi connectivity index (χ0v) is 53.7. The van der Waals surface area contributed by atoms with Gasteiger partial charge in [0.1, 0.15) is 0 Å². The molecule has 0 fully saturated rings. The summed E-state index contributed by atoms with van der Waals surface area (Å²) in [6, 6.07) is 62.3. The Hall–Kier alpha value is -10.3. The second-order valence-electron chi connectivity index (χ2n) is 21.8. The van der Waals surface area contributed by atoms with Crippen molar-refractivity contribution < 1.29 is 68.1 Å². The van der Waals surface area contributed by atoms with Crippen LogP contribution in [-0.4, -0.2) is 72.6 Å². The van der Waals surface area contributed by atoms with Crippen molar-refractivity contribution in [2.45, 2.75) is 72.7 Å². The highest BCUT2D eigenvalue weighted by atomic mass is 32.2. The number of carbonyl (C=O) groups is 3. The van der Waals surface area contributed by atoms with Crippen LogP contribution in [0.3, 0.4) is 0 Å². The van der Waals surface area contributed by atoms with E-state index in [0.717, 1.165) is 75.1 Å². The number of carboxylic acid groups (broad SMARTS) is 3. The fraction of sp³-hybridized carbons (Fsp3) is 0.153. The van der Waals surface area contributed by atoms with Crippen molar-refractivity contribution >= 4 is 81.5 Å². The van der Waals surface area contributed by atoms with Gasteiger partial charge < -0.3 is 20.2 Å². The minimum atomic E-state index is -4.55. The molecule has 0 heterocycles. The van der Waals surface area contributed by atoms with Crippen molar-refractivity contribution in [3.8, 4) is 0 Å². The number of fused-ring (bicyclic) bond motifs is 1. The molecule has 0 unspecified atom stereocenters. The van der Waals surface area contributed by atoms with Crippen LogP contribution in [0.4, 0.5) is 35.9 Å². The topological polar surface area (TPSA) is 254 Å². The minimum absolute atomic E-state index is 0.174. The number of para-hydroxylation sites is 3. The Kier molecular flexibility index (Phi) is 22.9. The predicted octanol–water partition coefficient (Wildman–Crippen LogP) is 14.7. The molecule has 486 valence electrons. The third kappa shape index (κ3) is 18.7. The van der Waals surface area contributed by atoms with Crippen LogP contribution in [0.5, 0.6) is 0 Å². The van der Waals surface area contributed by atoms with Crippen molar-refractivity contribution in [3.05, 3.63) is 292 Å². The molecule has 10 rings (SSSR count). The van der Waals surface area contributed by atoms with Crippen LogP contribution in [-0.2, 0) is 81.2 Å². The van der Waals surface area contributed by atoms with Gasteiger partial charge in [0.25, 0.3) is 30.1 Å². The lowest BCUT2D eigenvalue weighted by atomic mass is 10.0. The Morgan fingerprint density at radius 3 is 1.06 bits per heavy atom. The third-order valence-corrected chi connectivity index (χ3v) is 19.4. The van der Waals surface area contributed by atoms with E-state index in [0.29, 0.717) is 66.5 Å². The van der Waals surface area contributed by atoms with E-state index < -0.39 is 59.7 Å². The molecule has 0 amide bonds. The Labute approximate surface area is 544 Å². The third-order valence-electron chi connectivity index (χ3n) is 15.2. The van der Waals surface area contributed by atoms with E-state index >= 15 is 0 Å². The number of nitrogens with one attached hydrogen (secondary N) is 3. The molecular formula is C72H67F3N4O12S3. The molecular weight excluding hydrogens is 1270 g/mol. The van der Waals surface area contributed by atoms with Crippen LogP contribution in [0.15, 0.2) is 245 Å². The molecule has 10 aromatic rings. The lowest BCUT2D eigenvalue weighted by molar-refractivity contribution is -0.137. The summed E-state index contributed by atoms with van der Waals surface area (Å²) < 4.78 is 124. The summed E-state index contributed by atoms with van der Waals surface area (Å²) in [4.78, 5) is 35.1. The number of rotatable bonds is 23. The van der Waals surface area contributed by atoms with Crippen LogP contribution < -0.4 is 19.1 Å². The molecule has 0 atom stereocenters. The maximum Gasteiger partial charge on any atom is 0.416 e. The molecule has 0 aliphatic rings. The number of aromatic carboxylic acids is 3. The number of anilines is 4. The average Bonchev–Trinajstić information content (AvgIpc) is 0.930. The molecule has 6 N–H and O–H groups in total. The van der Waals surface area contributed by atoms with Crippen LogP contribution in [0.2, 0.25) is 0 Å². The van der Waals surface area contributed by atoms with Gasteiger partial charge in [-0.05, 0) is 187 Å². The molecule has 0 aliphatic heterocycles. The lowest BCUT2D eigenvalue weighted by Crippen LogP contribution is -2.15. The molecule has 10 aromatic carbocycles. The summed E-state index contributed by atoms with van der Waals surface area (Å²) in [5.74, 6) is -2.93. The second-order valence-corrected chi connectivity index (χ2v) is 26.9. The van der Waals surface area contributed by atoms with Gasteiger partial charge in [-0.25, -0.2) is 39.6 Å². The van der Waals surface area contributed by atoms with E-state index in [1.54, 1.807) is 133 Å². The zero-order valence-electron chi connectivity index (χ0n) is 51.2. The summed E-state index contributed by atoms with van der Waals surface area (Å²) in [7, 11) is -7.73. The van der Waals surface area contributed by atoms with Crippen molar-refractivity contribution in [2.24, 2.45) is 0 Å². The summed E-state index contributed by atoms with van der Waals surface area (Å²) >= 11 is 0. The highest BCUT2D eigenvalue weighted by Gasteiger charge is 2.31. The second kappa shape index (κ2) is 30.9. The summed E-state index contributed by atoms with van der Waals surface area (Å²) in [5, 5.41) is 28.5. The van der Waals surface area contributed by atoms with E-state index in [9.17, 15) is 52.8 Å². The van der Waals surface area contributed by atoms with Crippen LogP contribution >= 0.6 is 0 Å². The summed E-state index contributed by atoms with van der Waals surface area (Å²) in [6.07, 6.45) is -0.139. The normalized spacial score (nSPS) is 11.5. The van der Waals surface area contributed by atoms with Crippen molar-refractivity contribution in [1.29, 1.82) is 0 Å². The highest BCUT2D eigenvalue weighted by molar-refractivity contribution is 7.93. The number of nitrogens with zero attached hydrogens (tertiary/aromatic N) is 1. The van der Waals surface area contributed by atoms with E-state index in [4.69, 9.17) is 15.3 Å². The maximum absolute atomic E-state index is 13.4. The molecule has 22 heteroatoms. The Balaban J connectivity index is 0.000000182. The largest absolute Gasteiger partial charge is 0.478 e. The van der Waals surface area contributed by atoms with E-state index in [-0.39, 0.29) is 31.4 Å². The predicted molar refractivity (Wildman–Crippen MR) is 360 cm³/mol. The molecule has 0 aromatic heterocycles. The van der Waals surface area contributed by atoms with Crippen molar-refractivity contribution in [2.75, 3.05) is 33.2 Å². The lowest BCUT2D eigenvalue weighted by Gasteiger charge is -2.18. The first-order chi connectivity index (χ1) is 44.7. The van der Waals surface area contributed by atoms with Gasteiger partial charge in [-0.2, -0.15) is 13.2 Å². The number of benzene rings is 10. The number of hydrogen-bond acceptors (Lipinski definition) is 10. The van der Waals surface area contributed by atoms with Crippen LogP contribution in [0, 0.1) is 0 Å². The van der Waals surface area contributed by atoms with E-state index in [1.165, 1.54) is 12.1 Å². The maximum atomic E-state index is 13.4. The fourth-order valence-corrected chi connectivity index (χ4v) is 13.5. The SMILES string of the molecule is CCc1ccc(S(=O)(=O)Nc2ccccc2CCc2ccc(C(=O)O)cc2)cc1.CN(C)c1cccc2c(S(=O)(=O)Nc3ccccc3CCc3ccc(C(=O)O)cc3)cccc12.O=C(O)c1ccc(CCc2ccccc2NS(=O)(=O)c2ccc(C(F)(F)F)cc2)cc1. The van der Waals surface area contributed by atoms with Gasteiger partial charge in [0, 0.05) is 30.6 Å². The highest BCUT2D eigenvalue weighted by Crippen LogP contribution is 2.34. The zero-order chi connectivity index (χ0) is 67.8. The molecule has 0 radical (unpaired) electrons. The number of sulfonamides is 3. The van der Waals surface area contributed by atoms with Gasteiger partial charge in [0.05, 0.1) is 54.0 Å². The summed E-state index contributed by atoms with van der Waals surface area (Å²) in [6.45, 7) is 2.02. The van der Waals surface area contributed by atoms with Crippen molar-refractivity contribution in [1.82, 2.24) is 0 Å². The molecule has 94 heavy (non-hydrogen) atoms. The minimum Gasteiger partial charge on any atom is -0.478 e. The van der Waals surface area contributed by atoms with Gasteiger partial charge in [-0.15, -0.1) is 0 Å². The van der Waals surface area contributed by atoms with Crippen LogP contribution in [0.1, 0.15) is 82.5 Å². The molecule has 16 nitrogen and oxygen atoms in total. The van der Waals surface area contributed by atoms with Crippen LogP contribution in [0.25, 0.3) is 10.8 Å². The van der Waals surface area contributed by atoms with Gasteiger partial charge >= 0.3 is 24.1 Å². The molecule has 0 saturated heterocycles. The smallest absolute Gasteiger partial charge is 0.416 e. The quantitative estimate of drug-likeness (QED) is 0.0349. The monoisotopic (exact) mass is 1330 g/mol. The number of alkyl halides is 3. The Morgan fingerprint density at radius 1 is 0.383 bits per heavy atom. The van der Waals surface area contributed by atoms with E-state index in [1.807, 2.05) is 86.6 Å². The molecule has 0 spiro atoms.